The molecule has 1 unspecified atom stereocenters. The van der Waals surface area contributed by atoms with Crippen LogP contribution >= 0.6 is 0 Å². The first-order chi connectivity index (χ1) is 15.4. The van der Waals surface area contributed by atoms with Crippen molar-refractivity contribution in [2.45, 2.75) is 50.9 Å². The van der Waals surface area contributed by atoms with Gasteiger partial charge in [0.1, 0.15) is 11.8 Å². The zero-order chi connectivity index (χ0) is 22.7. The van der Waals surface area contributed by atoms with Gasteiger partial charge in [0.2, 0.25) is 5.91 Å². The molecular formula is C23H26N4O5. The Bertz CT molecular complexity index is 1000. The minimum Gasteiger partial charge on any atom is -0.353 e. The Hall–Kier alpha value is -3.33. The highest BCUT2D eigenvalue weighted by atomic mass is 16.6. The number of benzene rings is 1. The Morgan fingerprint density at radius 3 is 2.72 bits per heavy atom. The van der Waals surface area contributed by atoms with Crippen molar-refractivity contribution in [1.82, 2.24) is 15.2 Å². The third kappa shape index (κ3) is 4.34. The maximum atomic E-state index is 13.6. The average molecular weight is 438 g/mol. The van der Waals surface area contributed by atoms with Crippen molar-refractivity contribution < 1.29 is 19.2 Å². The molecule has 32 heavy (non-hydrogen) atoms. The molecule has 1 aliphatic carbocycles. The number of aromatic nitrogens is 1. The molecule has 2 amide bonds. The minimum absolute atomic E-state index is 0.0864. The summed E-state index contributed by atoms with van der Waals surface area (Å²) in [5, 5.41) is 14.1. The van der Waals surface area contributed by atoms with E-state index in [2.05, 4.69) is 17.2 Å². The number of nitrogens with zero attached hydrogens (tertiary/aromatic N) is 3. The Kier molecular flexibility index (Phi) is 6.18. The number of ether oxygens (including phenoxy) is 1. The fourth-order valence-corrected chi connectivity index (χ4v) is 4.47. The summed E-state index contributed by atoms with van der Waals surface area (Å²) in [5.74, 6) is -0.250. The predicted octanol–water partition coefficient (Wildman–Crippen LogP) is 3.05. The van der Waals surface area contributed by atoms with E-state index in [0.29, 0.717) is 24.5 Å². The third-order valence-corrected chi connectivity index (χ3v) is 6.31. The van der Waals surface area contributed by atoms with Crippen LogP contribution in [0.1, 0.15) is 48.7 Å². The van der Waals surface area contributed by atoms with E-state index < -0.39 is 22.6 Å². The lowest BCUT2D eigenvalue weighted by molar-refractivity contribution is -0.384. The number of rotatable bonds is 5. The highest BCUT2D eigenvalue weighted by molar-refractivity contribution is 5.99. The molecule has 2 aromatic rings. The van der Waals surface area contributed by atoms with Crippen molar-refractivity contribution in [3.8, 4) is 0 Å². The summed E-state index contributed by atoms with van der Waals surface area (Å²) in [6.45, 7) is 2.48. The molecule has 9 nitrogen and oxygen atoms in total. The third-order valence-electron chi connectivity index (χ3n) is 6.31. The molecule has 1 atom stereocenters. The van der Waals surface area contributed by atoms with E-state index in [0.717, 1.165) is 12.8 Å². The Labute approximate surface area is 185 Å². The second kappa shape index (κ2) is 9.04. The fourth-order valence-electron chi connectivity index (χ4n) is 4.47. The molecule has 1 N–H and O–H groups in total. The van der Waals surface area contributed by atoms with Gasteiger partial charge in [0.15, 0.2) is 0 Å². The van der Waals surface area contributed by atoms with Crippen LogP contribution in [0.25, 0.3) is 0 Å². The van der Waals surface area contributed by atoms with Gasteiger partial charge in [0.05, 0.1) is 23.8 Å². The van der Waals surface area contributed by atoms with Gasteiger partial charge >= 0.3 is 0 Å². The van der Waals surface area contributed by atoms with Crippen LogP contribution in [0.2, 0.25) is 0 Å². The summed E-state index contributed by atoms with van der Waals surface area (Å²) in [5.41, 5.74) is -0.164. The standard InChI is InChI=1S/C23H26N4O5/c1-16-8-10-23(11-9-16)26(22(29)17-5-4-7-19(13-17)27(30)31)20(15-32-23)21(28)25-14-18-6-2-3-12-24-18/h2-7,12-13,16,20H,8-11,14-15H2,1H3,(H,25,28). The maximum Gasteiger partial charge on any atom is 0.270 e. The number of nitro groups is 1. The second-order valence-corrected chi connectivity index (χ2v) is 8.48. The number of nitro benzene ring substituents is 1. The molecule has 0 radical (unpaired) electrons. The number of hydrogen-bond donors (Lipinski definition) is 1. The number of hydrogen-bond acceptors (Lipinski definition) is 6. The molecule has 1 spiro atoms. The summed E-state index contributed by atoms with van der Waals surface area (Å²) in [6, 6.07) is 10.2. The van der Waals surface area contributed by atoms with Crippen LogP contribution in [-0.4, -0.2) is 45.0 Å². The summed E-state index contributed by atoms with van der Waals surface area (Å²) in [7, 11) is 0. The predicted molar refractivity (Wildman–Crippen MR) is 115 cm³/mol. The van der Waals surface area contributed by atoms with Crippen LogP contribution < -0.4 is 5.32 Å². The highest BCUT2D eigenvalue weighted by Crippen LogP contribution is 2.43. The van der Waals surface area contributed by atoms with E-state index >= 15 is 0 Å². The zero-order valence-corrected chi connectivity index (χ0v) is 17.9. The van der Waals surface area contributed by atoms with Gasteiger partial charge in [-0.15, -0.1) is 0 Å². The van der Waals surface area contributed by atoms with Crippen LogP contribution in [0.4, 0.5) is 5.69 Å². The molecule has 1 aromatic carbocycles. The summed E-state index contributed by atoms with van der Waals surface area (Å²) in [6.07, 6.45) is 4.65. The van der Waals surface area contributed by atoms with Crippen LogP contribution in [0.3, 0.4) is 0 Å². The van der Waals surface area contributed by atoms with Crippen molar-refractivity contribution in [3.05, 3.63) is 70.0 Å². The Morgan fingerprint density at radius 1 is 1.25 bits per heavy atom. The van der Waals surface area contributed by atoms with Crippen molar-refractivity contribution in [1.29, 1.82) is 0 Å². The number of non-ortho nitro benzene ring substituents is 1. The molecule has 4 rings (SSSR count). The summed E-state index contributed by atoms with van der Waals surface area (Å²) in [4.78, 5) is 43.1. The lowest BCUT2D eigenvalue weighted by Crippen LogP contribution is -2.56. The van der Waals surface area contributed by atoms with Crippen molar-refractivity contribution in [2.75, 3.05) is 6.61 Å². The van der Waals surface area contributed by atoms with Gasteiger partial charge in [0.25, 0.3) is 11.6 Å². The number of nitrogens with one attached hydrogen (secondary N) is 1. The molecule has 168 valence electrons. The van der Waals surface area contributed by atoms with Gasteiger partial charge in [-0.3, -0.25) is 29.6 Å². The molecule has 1 aliphatic heterocycles. The lowest BCUT2D eigenvalue weighted by atomic mass is 9.83. The number of amides is 2. The fraction of sp³-hybridized carbons (Fsp3) is 0.435. The van der Waals surface area contributed by atoms with Crippen LogP contribution in [0.5, 0.6) is 0 Å². The SMILES string of the molecule is CC1CCC2(CC1)OCC(C(=O)NCc1ccccn1)N2C(=O)c1cccc([N+](=O)[O-])c1. The summed E-state index contributed by atoms with van der Waals surface area (Å²) >= 11 is 0. The van der Waals surface area contributed by atoms with Gasteiger partial charge in [0, 0.05) is 23.9 Å². The summed E-state index contributed by atoms with van der Waals surface area (Å²) < 4.78 is 6.14. The quantitative estimate of drug-likeness (QED) is 0.567. The second-order valence-electron chi connectivity index (χ2n) is 8.48. The lowest BCUT2D eigenvalue weighted by Gasteiger charge is -2.43. The molecule has 0 bridgehead atoms. The Balaban J connectivity index is 1.61. The molecule has 2 fully saturated rings. The van der Waals surface area contributed by atoms with Crippen molar-refractivity contribution in [3.63, 3.8) is 0 Å². The maximum absolute atomic E-state index is 13.6. The highest BCUT2D eigenvalue weighted by Gasteiger charge is 2.53. The van der Waals surface area contributed by atoms with E-state index in [9.17, 15) is 19.7 Å². The van der Waals surface area contributed by atoms with E-state index in [4.69, 9.17) is 4.74 Å². The molecule has 1 saturated carbocycles. The number of carbonyl (C=O) groups is 2. The van der Waals surface area contributed by atoms with Gasteiger partial charge < -0.3 is 10.1 Å². The van der Waals surface area contributed by atoms with Crippen molar-refractivity contribution >= 4 is 17.5 Å². The number of carbonyl (C=O) groups excluding carboxylic acids is 2. The topological polar surface area (TPSA) is 115 Å². The largest absolute Gasteiger partial charge is 0.353 e. The van der Waals surface area contributed by atoms with E-state index in [-0.39, 0.29) is 30.3 Å². The smallest absolute Gasteiger partial charge is 0.270 e. The van der Waals surface area contributed by atoms with Gasteiger partial charge in [-0.05, 0) is 49.8 Å². The first-order valence-corrected chi connectivity index (χ1v) is 10.8. The Morgan fingerprint density at radius 2 is 2.03 bits per heavy atom. The monoisotopic (exact) mass is 438 g/mol. The zero-order valence-electron chi connectivity index (χ0n) is 17.9. The molecule has 2 aliphatic rings. The van der Waals surface area contributed by atoms with Crippen LogP contribution in [-0.2, 0) is 16.1 Å². The normalized spacial score (nSPS) is 25.0. The first kappa shape index (κ1) is 21.9. The van der Waals surface area contributed by atoms with E-state index in [1.165, 1.54) is 29.2 Å². The van der Waals surface area contributed by atoms with Crippen molar-refractivity contribution in [2.24, 2.45) is 5.92 Å². The first-order valence-electron chi connectivity index (χ1n) is 10.8. The van der Waals surface area contributed by atoms with E-state index in [1.807, 2.05) is 12.1 Å². The number of pyridine rings is 1. The van der Waals surface area contributed by atoms with Gasteiger partial charge in [-0.2, -0.15) is 0 Å². The molecule has 1 saturated heterocycles. The van der Waals surface area contributed by atoms with Crippen LogP contribution in [0, 0.1) is 16.0 Å². The minimum atomic E-state index is -0.874. The van der Waals surface area contributed by atoms with Gasteiger partial charge in [-0.1, -0.05) is 19.1 Å². The molecule has 9 heteroatoms. The van der Waals surface area contributed by atoms with Crippen LogP contribution in [0.15, 0.2) is 48.7 Å². The molecular weight excluding hydrogens is 412 g/mol. The average Bonchev–Trinajstić information content (AvgIpc) is 3.18. The molecule has 2 heterocycles. The molecule has 1 aromatic heterocycles. The van der Waals surface area contributed by atoms with E-state index in [1.54, 1.807) is 12.3 Å². The van der Waals surface area contributed by atoms with Gasteiger partial charge in [-0.25, -0.2) is 0 Å².